The Kier molecular flexibility index (Phi) is 6.25. The number of azo groups is 1. The summed E-state index contributed by atoms with van der Waals surface area (Å²) in [6.07, 6.45) is 1.15. The van der Waals surface area contributed by atoms with Crippen LogP contribution in [0.25, 0.3) is 16.8 Å². The third-order valence-corrected chi connectivity index (χ3v) is 7.10. The van der Waals surface area contributed by atoms with Crippen molar-refractivity contribution in [2.45, 2.75) is 14.7 Å². The van der Waals surface area contributed by atoms with Gasteiger partial charge in [-0.3, -0.25) is 13.7 Å². The first-order chi connectivity index (χ1) is 15.5. The number of hydrogen-bond donors (Lipinski definition) is 5. The number of nitrogen functional groups attached to an aromatic ring is 1. The van der Waals surface area contributed by atoms with E-state index in [-0.39, 0.29) is 27.7 Å². The number of nitrogens with two attached hydrogens (primary N) is 1. The third-order valence-electron chi connectivity index (χ3n) is 4.49. The van der Waals surface area contributed by atoms with Gasteiger partial charge in [0.15, 0.2) is 5.75 Å². The van der Waals surface area contributed by atoms with Gasteiger partial charge in [0.1, 0.15) is 15.5 Å². The number of benzene rings is 3. The number of nitrogens with zero attached hydrogens (tertiary/aromatic N) is 2. The molecule has 0 heterocycles. The minimum absolute atomic E-state index is 0.0380. The van der Waals surface area contributed by atoms with Gasteiger partial charge >= 0.3 is 0 Å². The van der Waals surface area contributed by atoms with Crippen molar-refractivity contribution < 1.29 is 44.0 Å². The van der Waals surface area contributed by atoms with Gasteiger partial charge in [0, 0.05) is 11.1 Å². The number of phenols is 1. The largest absolute Gasteiger partial charge is 0.505 e. The molecule has 0 unspecified atom stereocenters. The highest BCUT2D eigenvalue weighted by atomic mass is 32.2. The van der Waals surface area contributed by atoms with Crippen LogP contribution < -0.4 is 5.73 Å². The van der Waals surface area contributed by atoms with Crippen LogP contribution in [-0.2, 0) is 30.4 Å². The number of anilines is 1. The molecule has 6 N–H and O–H groups in total. The minimum Gasteiger partial charge on any atom is -0.505 e. The zero-order chi connectivity index (χ0) is 25.6. The molecule has 0 saturated heterocycles. The van der Waals surface area contributed by atoms with E-state index in [9.17, 15) is 44.0 Å². The number of hydrogen-bond acceptors (Lipinski definition) is 10. The third kappa shape index (κ3) is 4.91. The van der Waals surface area contributed by atoms with E-state index < -0.39 is 56.5 Å². The van der Waals surface area contributed by atoms with Gasteiger partial charge in [0.2, 0.25) is 0 Å². The van der Waals surface area contributed by atoms with Gasteiger partial charge in [0.25, 0.3) is 30.4 Å². The molecule has 0 amide bonds. The Balaban J connectivity index is 2.31. The number of rotatable bonds is 6. The Morgan fingerprint density at radius 3 is 1.97 bits per heavy atom. The summed E-state index contributed by atoms with van der Waals surface area (Å²) in [4.78, 5) is -2.27. The van der Waals surface area contributed by atoms with Crippen molar-refractivity contribution >= 4 is 64.3 Å². The van der Waals surface area contributed by atoms with Crippen molar-refractivity contribution in [3.05, 3.63) is 48.5 Å². The van der Waals surface area contributed by atoms with E-state index in [0.717, 1.165) is 30.3 Å². The fourth-order valence-electron chi connectivity index (χ4n) is 3.02. The average molecular weight is 530 g/mol. The molecular weight excluding hydrogens is 514 g/mol. The predicted octanol–water partition coefficient (Wildman–Crippen LogP) is 2.93. The molecular formula is C18H15N3O10S3. The van der Waals surface area contributed by atoms with E-state index in [1.54, 1.807) is 0 Å². The highest BCUT2D eigenvalue weighted by molar-refractivity contribution is 7.86. The minimum atomic E-state index is -5.07. The molecule has 0 aliphatic heterocycles. The summed E-state index contributed by atoms with van der Waals surface area (Å²) in [6, 6.07) is 5.72. The van der Waals surface area contributed by atoms with E-state index in [0.29, 0.717) is 0 Å². The summed E-state index contributed by atoms with van der Waals surface area (Å²) in [6.45, 7) is 3.41. The van der Waals surface area contributed by atoms with E-state index in [2.05, 4.69) is 16.8 Å². The monoisotopic (exact) mass is 529 g/mol. The van der Waals surface area contributed by atoms with Gasteiger partial charge in [-0.15, -0.1) is 5.11 Å². The molecule has 0 aromatic heterocycles. The van der Waals surface area contributed by atoms with E-state index in [1.165, 1.54) is 12.1 Å². The van der Waals surface area contributed by atoms with Gasteiger partial charge in [0.05, 0.1) is 10.6 Å². The normalized spacial score (nSPS) is 12.9. The van der Waals surface area contributed by atoms with Crippen molar-refractivity contribution in [1.82, 2.24) is 0 Å². The molecule has 34 heavy (non-hydrogen) atoms. The molecule has 0 spiro atoms. The number of aromatic hydroxyl groups is 1. The van der Waals surface area contributed by atoms with E-state index in [4.69, 9.17) is 5.73 Å². The molecule has 0 saturated carbocycles. The van der Waals surface area contributed by atoms with Crippen LogP contribution in [0.3, 0.4) is 0 Å². The van der Waals surface area contributed by atoms with Crippen molar-refractivity contribution in [2.75, 3.05) is 5.73 Å². The lowest BCUT2D eigenvalue weighted by Crippen LogP contribution is -2.02. The van der Waals surface area contributed by atoms with E-state index >= 15 is 0 Å². The second-order valence-corrected chi connectivity index (χ2v) is 10.9. The van der Waals surface area contributed by atoms with Crippen LogP contribution in [0.1, 0.15) is 5.56 Å². The smallest absolute Gasteiger partial charge is 0.296 e. The average Bonchev–Trinajstić information content (AvgIpc) is 2.70. The van der Waals surface area contributed by atoms with Crippen LogP contribution in [0.15, 0.2) is 67.9 Å². The Morgan fingerprint density at radius 2 is 1.44 bits per heavy atom. The topological polar surface area (TPSA) is 234 Å². The molecule has 3 rings (SSSR count). The maximum atomic E-state index is 11.9. The highest BCUT2D eigenvalue weighted by Gasteiger charge is 2.25. The molecule has 180 valence electrons. The molecule has 0 aliphatic rings. The van der Waals surface area contributed by atoms with Gasteiger partial charge in [-0.25, -0.2) is 0 Å². The van der Waals surface area contributed by atoms with Gasteiger partial charge in [-0.05, 0) is 41.3 Å². The lowest BCUT2D eigenvalue weighted by atomic mass is 10.1. The van der Waals surface area contributed by atoms with Crippen LogP contribution in [0.4, 0.5) is 17.1 Å². The van der Waals surface area contributed by atoms with Crippen LogP contribution in [0.5, 0.6) is 5.75 Å². The Morgan fingerprint density at radius 1 is 0.824 bits per heavy atom. The number of fused-ring (bicyclic) bond motifs is 1. The molecule has 3 aromatic carbocycles. The zero-order valence-electron chi connectivity index (χ0n) is 16.7. The first-order valence-electron chi connectivity index (χ1n) is 8.74. The highest BCUT2D eigenvalue weighted by Crippen LogP contribution is 2.44. The fraction of sp³-hybridized carbons (Fsp3) is 0. The lowest BCUT2D eigenvalue weighted by Gasteiger charge is -2.12. The summed E-state index contributed by atoms with van der Waals surface area (Å²) in [5, 5.41) is 17.3. The van der Waals surface area contributed by atoms with Crippen molar-refractivity contribution in [1.29, 1.82) is 0 Å². The molecule has 0 aliphatic carbocycles. The summed E-state index contributed by atoms with van der Waals surface area (Å²) in [5.41, 5.74) is 4.42. The van der Waals surface area contributed by atoms with Gasteiger partial charge in [-0.2, -0.15) is 30.4 Å². The molecule has 0 fully saturated rings. The standard InChI is InChI=1S/C18H15N3O10S3/c1-2-9-3-4-11(7-14(9)33(26,27)28)20-21-17-15(34(29,30)31)6-10-5-12(32(23,24)25)8-13(19)16(10)18(17)22/h2-8,22H,1,19H2,(H,23,24,25)(H,26,27,28)(H,29,30,31). The predicted molar refractivity (Wildman–Crippen MR) is 120 cm³/mol. The molecule has 0 atom stereocenters. The Hall–Kier alpha value is -3.41. The van der Waals surface area contributed by atoms with E-state index in [1.807, 2.05) is 0 Å². The molecule has 3 aromatic rings. The lowest BCUT2D eigenvalue weighted by molar-refractivity contribution is 0.472. The van der Waals surface area contributed by atoms with Crippen molar-refractivity contribution in [3.8, 4) is 5.75 Å². The second kappa shape index (κ2) is 8.42. The van der Waals surface area contributed by atoms with Crippen molar-refractivity contribution in [3.63, 3.8) is 0 Å². The summed E-state index contributed by atoms with van der Waals surface area (Å²) < 4.78 is 98.0. The van der Waals surface area contributed by atoms with Crippen LogP contribution in [0.2, 0.25) is 0 Å². The molecule has 0 radical (unpaired) electrons. The fourth-order valence-corrected chi connectivity index (χ4v) is 4.95. The molecule has 0 bridgehead atoms. The second-order valence-electron chi connectivity index (χ2n) is 6.73. The summed E-state index contributed by atoms with van der Waals surface area (Å²) in [5.74, 6) is -0.911. The summed E-state index contributed by atoms with van der Waals surface area (Å²) in [7, 11) is -14.5. The summed E-state index contributed by atoms with van der Waals surface area (Å²) >= 11 is 0. The first kappa shape index (κ1) is 25.2. The van der Waals surface area contributed by atoms with Crippen LogP contribution in [-0.4, -0.2) is 44.0 Å². The molecule has 13 nitrogen and oxygen atoms in total. The van der Waals surface area contributed by atoms with Crippen LogP contribution >= 0.6 is 0 Å². The Labute approximate surface area is 193 Å². The van der Waals surface area contributed by atoms with Crippen molar-refractivity contribution in [2.24, 2.45) is 10.2 Å². The number of phenolic OH excluding ortho intramolecular Hbond substituents is 1. The maximum absolute atomic E-state index is 11.9. The maximum Gasteiger partial charge on any atom is 0.296 e. The quantitative estimate of drug-likeness (QED) is 0.177. The Bertz CT molecular complexity index is 1710. The van der Waals surface area contributed by atoms with Crippen LogP contribution in [0, 0.1) is 0 Å². The SMILES string of the molecule is C=Cc1ccc(N=Nc2c(S(=O)(=O)O)cc3cc(S(=O)(=O)O)cc(N)c3c2O)cc1S(=O)(=O)O. The van der Waals surface area contributed by atoms with Gasteiger partial charge < -0.3 is 10.8 Å². The zero-order valence-corrected chi connectivity index (χ0v) is 19.1. The molecule has 16 heteroatoms. The first-order valence-corrected chi connectivity index (χ1v) is 13.1. The van der Waals surface area contributed by atoms with Gasteiger partial charge in [-0.1, -0.05) is 18.7 Å².